The Hall–Kier alpha value is -1.84. The van der Waals surface area contributed by atoms with Crippen molar-refractivity contribution in [3.63, 3.8) is 0 Å². The van der Waals surface area contributed by atoms with E-state index in [-0.39, 0.29) is 0 Å². The summed E-state index contributed by atoms with van der Waals surface area (Å²) in [6, 6.07) is 1.77. The van der Waals surface area contributed by atoms with E-state index in [1.54, 1.807) is 18.6 Å². The molecule has 0 aliphatic heterocycles. The van der Waals surface area contributed by atoms with Gasteiger partial charge in [-0.2, -0.15) is 0 Å². The Balaban J connectivity index is 2.78. The summed E-state index contributed by atoms with van der Waals surface area (Å²) in [7, 11) is 0. The van der Waals surface area contributed by atoms with Crippen molar-refractivity contribution < 1.29 is 0 Å². The van der Waals surface area contributed by atoms with E-state index in [1.165, 1.54) is 0 Å². The molecule has 0 aliphatic carbocycles. The topological polar surface area (TPSA) is 56.7 Å². The van der Waals surface area contributed by atoms with Crippen molar-refractivity contribution in [3.8, 4) is 0 Å². The summed E-state index contributed by atoms with van der Waals surface area (Å²) in [5, 5.41) is 0. The molecule has 0 bridgehead atoms. The van der Waals surface area contributed by atoms with Gasteiger partial charge in [-0.15, -0.1) is 0 Å². The molecule has 4 heteroatoms. The molecule has 0 amide bonds. The summed E-state index contributed by atoms with van der Waals surface area (Å²) in [5.41, 5.74) is 8.03. The average Bonchev–Trinajstić information content (AvgIpc) is 2.51. The lowest BCUT2D eigenvalue weighted by Gasteiger charge is -1.98. The summed E-state index contributed by atoms with van der Waals surface area (Å²) in [4.78, 5) is 8.22. The van der Waals surface area contributed by atoms with Crippen molar-refractivity contribution in [1.82, 2.24) is 14.5 Å². The number of nitrogens with two attached hydrogens (primary N) is 1. The van der Waals surface area contributed by atoms with Crippen LogP contribution in [0.2, 0.25) is 0 Å². The molecule has 2 heterocycles. The lowest BCUT2D eigenvalue weighted by Crippen LogP contribution is -1.91. The highest BCUT2D eigenvalue weighted by atomic mass is 15.1. The van der Waals surface area contributed by atoms with Gasteiger partial charge in [0.05, 0.1) is 5.69 Å². The first kappa shape index (κ1) is 7.79. The maximum Gasteiger partial charge on any atom is 0.180 e. The maximum absolute atomic E-state index is 5.80. The maximum atomic E-state index is 5.80. The number of nitrogens with zero attached hydrogens (tertiary/aromatic N) is 3. The van der Waals surface area contributed by atoms with E-state index in [4.69, 9.17) is 5.73 Å². The third-order valence-electron chi connectivity index (χ3n) is 1.81. The molecule has 0 saturated carbocycles. The van der Waals surface area contributed by atoms with Crippen LogP contribution >= 0.6 is 0 Å². The van der Waals surface area contributed by atoms with Crippen molar-refractivity contribution in [1.29, 1.82) is 0 Å². The third-order valence-corrected chi connectivity index (χ3v) is 1.81. The zero-order chi connectivity index (χ0) is 9.26. The van der Waals surface area contributed by atoms with E-state index in [1.807, 2.05) is 23.8 Å². The van der Waals surface area contributed by atoms with Crippen molar-refractivity contribution in [2.24, 2.45) is 0 Å². The Morgan fingerprint density at radius 1 is 1.46 bits per heavy atom. The normalized spacial score (nSPS) is 11.5. The fourth-order valence-corrected chi connectivity index (χ4v) is 1.26. The number of pyridine rings is 1. The minimum absolute atomic E-state index is 0.679. The molecule has 2 rings (SSSR count). The average molecular weight is 174 g/mol. The molecule has 0 unspecified atom stereocenters. The van der Waals surface area contributed by atoms with Crippen molar-refractivity contribution in [2.75, 3.05) is 5.73 Å². The predicted octanol–water partition coefficient (Wildman–Crippen LogP) is 1.50. The number of hydrogen-bond acceptors (Lipinski definition) is 3. The monoisotopic (exact) mass is 174 g/mol. The van der Waals surface area contributed by atoms with Crippen molar-refractivity contribution in [3.05, 3.63) is 24.7 Å². The molecular weight excluding hydrogens is 164 g/mol. The van der Waals surface area contributed by atoms with Gasteiger partial charge >= 0.3 is 0 Å². The van der Waals surface area contributed by atoms with Gasteiger partial charge in [-0.25, -0.2) is 9.97 Å². The summed E-state index contributed by atoms with van der Waals surface area (Å²) in [5.74, 6) is 0. The molecule has 0 radical (unpaired) electrons. The lowest BCUT2D eigenvalue weighted by molar-refractivity contribution is 1.17. The number of nitrogen functional groups attached to an aromatic ring is 1. The SMILES string of the molecule is CC=Cn1cnc2nccc(N)c21. The summed E-state index contributed by atoms with van der Waals surface area (Å²) < 4.78 is 1.86. The molecule has 2 aromatic rings. The van der Waals surface area contributed by atoms with Crippen LogP contribution in [0.1, 0.15) is 6.92 Å². The number of imidazole rings is 1. The molecule has 0 aromatic carbocycles. The Morgan fingerprint density at radius 3 is 3.08 bits per heavy atom. The highest BCUT2D eigenvalue weighted by Gasteiger charge is 2.03. The highest BCUT2D eigenvalue weighted by Crippen LogP contribution is 2.17. The molecule has 0 atom stereocenters. The van der Waals surface area contributed by atoms with Crippen LogP contribution < -0.4 is 5.73 Å². The zero-order valence-electron chi connectivity index (χ0n) is 7.31. The Bertz CT molecular complexity index is 456. The van der Waals surface area contributed by atoms with Crippen LogP contribution in [-0.2, 0) is 0 Å². The second-order valence-corrected chi connectivity index (χ2v) is 2.71. The number of rotatable bonds is 1. The summed E-state index contributed by atoms with van der Waals surface area (Å²) in [6.45, 7) is 1.94. The number of fused-ring (bicyclic) bond motifs is 1. The van der Waals surface area contributed by atoms with Gasteiger partial charge in [0.15, 0.2) is 5.65 Å². The van der Waals surface area contributed by atoms with E-state index < -0.39 is 0 Å². The van der Waals surface area contributed by atoms with Gasteiger partial charge < -0.3 is 10.3 Å². The minimum atomic E-state index is 0.679. The van der Waals surface area contributed by atoms with Gasteiger partial charge in [0.25, 0.3) is 0 Å². The predicted molar refractivity (Wildman–Crippen MR) is 52.9 cm³/mol. The molecule has 66 valence electrons. The zero-order valence-corrected chi connectivity index (χ0v) is 7.31. The quantitative estimate of drug-likeness (QED) is 0.712. The van der Waals surface area contributed by atoms with Crippen LogP contribution in [0.4, 0.5) is 5.69 Å². The Labute approximate surface area is 75.7 Å². The molecular formula is C9H10N4. The van der Waals surface area contributed by atoms with Gasteiger partial charge in [0.1, 0.15) is 11.8 Å². The largest absolute Gasteiger partial charge is 0.397 e. The molecule has 0 saturated heterocycles. The number of allylic oxidation sites excluding steroid dienone is 1. The summed E-state index contributed by atoms with van der Waals surface area (Å²) in [6.07, 6.45) is 7.18. The van der Waals surface area contributed by atoms with E-state index in [9.17, 15) is 0 Å². The standard InChI is InChI=1S/C9H10N4/c1-2-5-13-6-12-9-8(13)7(10)3-4-11-9/h2-6H,1H3,(H2,10,11). The molecule has 2 N–H and O–H groups in total. The van der Waals surface area contributed by atoms with E-state index in [2.05, 4.69) is 9.97 Å². The molecule has 0 spiro atoms. The second kappa shape index (κ2) is 2.90. The van der Waals surface area contributed by atoms with E-state index in [0.29, 0.717) is 11.3 Å². The Morgan fingerprint density at radius 2 is 2.31 bits per heavy atom. The minimum Gasteiger partial charge on any atom is -0.397 e. The van der Waals surface area contributed by atoms with Gasteiger partial charge in [-0.3, -0.25) is 0 Å². The Kier molecular flexibility index (Phi) is 1.73. The fraction of sp³-hybridized carbons (Fsp3) is 0.111. The fourth-order valence-electron chi connectivity index (χ4n) is 1.26. The molecule has 13 heavy (non-hydrogen) atoms. The van der Waals surface area contributed by atoms with Crippen molar-refractivity contribution >= 4 is 23.1 Å². The van der Waals surface area contributed by atoms with Crippen LogP contribution in [0, 0.1) is 0 Å². The molecule has 0 fully saturated rings. The number of aromatic nitrogens is 3. The van der Waals surface area contributed by atoms with Gasteiger partial charge in [0, 0.05) is 12.4 Å². The highest BCUT2D eigenvalue weighted by molar-refractivity contribution is 5.85. The summed E-state index contributed by atoms with van der Waals surface area (Å²) >= 11 is 0. The van der Waals surface area contributed by atoms with Crippen molar-refractivity contribution in [2.45, 2.75) is 6.92 Å². The third kappa shape index (κ3) is 1.16. The lowest BCUT2D eigenvalue weighted by atomic mass is 10.4. The van der Waals surface area contributed by atoms with Crippen LogP contribution in [0.25, 0.3) is 17.4 Å². The van der Waals surface area contributed by atoms with E-state index >= 15 is 0 Å². The van der Waals surface area contributed by atoms with Crippen LogP contribution in [0.5, 0.6) is 0 Å². The van der Waals surface area contributed by atoms with Crippen LogP contribution in [-0.4, -0.2) is 14.5 Å². The first-order valence-corrected chi connectivity index (χ1v) is 4.02. The second-order valence-electron chi connectivity index (χ2n) is 2.71. The molecule has 0 aliphatic rings. The number of hydrogen-bond donors (Lipinski definition) is 1. The van der Waals surface area contributed by atoms with Gasteiger partial charge in [-0.1, -0.05) is 6.08 Å². The number of anilines is 1. The first-order chi connectivity index (χ1) is 6.33. The van der Waals surface area contributed by atoms with Crippen LogP contribution in [0.3, 0.4) is 0 Å². The van der Waals surface area contributed by atoms with Crippen LogP contribution in [0.15, 0.2) is 24.7 Å². The smallest absolute Gasteiger partial charge is 0.180 e. The van der Waals surface area contributed by atoms with Gasteiger partial charge in [-0.05, 0) is 13.0 Å². The first-order valence-electron chi connectivity index (χ1n) is 4.02. The molecule has 2 aromatic heterocycles. The van der Waals surface area contributed by atoms with Gasteiger partial charge in [0.2, 0.25) is 0 Å². The molecule has 4 nitrogen and oxygen atoms in total. The van der Waals surface area contributed by atoms with E-state index in [0.717, 1.165) is 5.52 Å².